The second-order valence-corrected chi connectivity index (χ2v) is 4.90. The Hall–Kier alpha value is -0.570. The van der Waals surface area contributed by atoms with Gasteiger partial charge >= 0.3 is 5.97 Å². The first-order valence-electron chi connectivity index (χ1n) is 6.94. The molecule has 0 amide bonds. The molecule has 0 N–H and O–H groups in total. The molecule has 1 atom stereocenters. The smallest absolute Gasteiger partial charge is 0.307 e. The van der Waals surface area contributed by atoms with Crippen LogP contribution in [0.4, 0.5) is 0 Å². The Morgan fingerprint density at radius 1 is 1.18 bits per heavy atom. The zero-order valence-electron chi connectivity index (χ0n) is 12.2. The summed E-state index contributed by atoms with van der Waals surface area (Å²) in [5, 5.41) is 0. The van der Waals surface area contributed by atoms with Crippen molar-refractivity contribution in [3.05, 3.63) is 0 Å². The number of hydrogen-bond acceptors (Lipinski definition) is 3. The summed E-state index contributed by atoms with van der Waals surface area (Å²) in [6, 6.07) is 0.752. The van der Waals surface area contributed by atoms with Crippen molar-refractivity contribution >= 4 is 5.97 Å². The summed E-state index contributed by atoms with van der Waals surface area (Å²) in [4.78, 5) is 13.9. The van der Waals surface area contributed by atoms with Crippen LogP contribution in [0.3, 0.4) is 0 Å². The molecule has 0 bridgehead atoms. The molecule has 102 valence electrons. The Labute approximate surface area is 107 Å². The number of carbonyl (C=O) groups is 1. The third-order valence-corrected chi connectivity index (χ3v) is 3.02. The van der Waals surface area contributed by atoms with Crippen molar-refractivity contribution in [1.29, 1.82) is 0 Å². The molecule has 0 heterocycles. The molecule has 0 aromatic heterocycles. The second kappa shape index (κ2) is 9.46. The minimum atomic E-state index is -0.0823. The zero-order chi connectivity index (χ0) is 13.3. The number of nitrogens with zero attached hydrogens (tertiary/aromatic N) is 1. The van der Waals surface area contributed by atoms with Gasteiger partial charge in [0.25, 0.3) is 0 Å². The lowest BCUT2D eigenvalue weighted by molar-refractivity contribution is -0.144. The summed E-state index contributed by atoms with van der Waals surface area (Å²) in [7, 11) is 0. The first kappa shape index (κ1) is 16.4. The molecule has 0 saturated carbocycles. The SMILES string of the molecule is CCCCCN(C(C)C)C(C)CC(=O)OCC. The second-order valence-electron chi connectivity index (χ2n) is 4.90. The van der Waals surface area contributed by atoms with Crippen LogP contribution < -0.4 is 0 Å². The Morgan fingerprint density at radius 2 is 1.82 bits per heavy atom. The van der Waals surface area contributed by atoms with E-state index >= 15 is 0 Å². The topological polar surface area (TPSA) is 29.5 Å². The molecule has 3 heteroatoms. The van der Waals surface area contributed by atoms with Gasteiger partial charge in [-0.05, 0) is 40.7 Å². The van der Waals surface area contributed by atoms with Crippen LogP contribution in [0.15, 0.2) is 0 Å². The van der Waals surface area contributed by atoms with E-state index in [-0.39, 0.29) is 12.0 Å². The number of hydrogen-bond donors (Lipinski definition) is 0. The minimum Gasteiger partial charge on any atom is -0.466 e. The van der Waals surface area contributed by atoms with Gasteiger partial charge in [0.2, 0.25) is 0 Å². The molecule has 0 spiro atoms. The van der Waals surface area contributed by atoms with Gasteiger partial charge in [0.1, 0.15) is 0 Å². The number of rotatable bonds is 9. The third kappa shape index (κ3) is 7.37. The van der Waals surface area contributed by atoms with Crippen molar-refractivity contribution in [3.8, 4) is 0 Å². The van der Waals surface area contributed by atoms with E-state index in [4.69, 9.17) is 4.74 Å². The molecule has 0 aliphatic heterocycles. The molecule has 0 aromatic rings. The first-order chi connectivity index (χ1) is 8.02. The fraction of sp³-hybridized carbons (Fsp3) is 0.929. The fourth-order valence-electron chi connectivity index (χ4n) is 2.11. The minimum absolute atomic E-state index is 0.0823. The number of unbranched alkanes of at least 4 members (excludes halogenated alkanes) is 2. The highest BCUT2D eigenvalue weighted by molar-refractivity contribution is 5.70. The maximum Gasteiger partial charge on any atom is 0.307 e. The normalized spacial score (nSPS) is 13.1. The quantitative estimate of drug-likeness (QED) is 0.460. The first-order valence-corrected chi connectivity index (χ1v) is 6.94. The lowest BCUT2D eigenvalue weighted by Crippen LogP contribution is -2.40. The van der Waals surface area contributed by atoms with E-state index in [1.807, 2.05) is 6.92 Å². The summed E-state index contributed by atoms with van der Waals surface area (Å²) in [5.41, 5.74) is 0. The Kier molecular flexibility index (Phi) is 9.14. The van der Waals surface area contributed by atoms with Crippen LogP contribution in [0.25, 0.3) is 0 Å². The van der Waals surface area contributed by atoms with Gasteiger partial charge in [-0.3, -0.25) is 9.69 Å². The molecule has 17 heavy (non-hydrogen) atoms. The van der Waals surface area contributed by atoms with E-state index in [9.17, 15) is 4.79 Å². The molecule has 0 rings (SSSR count). The van der Waals surface area contributed by atoms with Crippen LogP contribution in [0, 0.1) is 0 Å². The van der Waals surface area contributed by atoms with Gasteiger partial charge in [0, 0.05) is 12.1 Å². The summed E-state index contributed by atoms with van der Waals surface area (Å²) < 4.78 is 5.00. The van der Waals surface area contributed by atoms with Crippen LogP contribution in [-0.4, -0.2) is 36.1 Å². The predicted molar refractivity (Wildman–Crippen MR) is 72.1 cm³/mol. The van der Waals surface area contributed by atoms with Crippen LogP contribution in [0.1, 0.15) is 60.3 Å². The van der Waals surface area contributed by atoms with E-state index in [2.05, 4.69) is 32.6 Å². The number of esters is 1. The molecule has 0 aromatic carbocycles. The average Bonchev–Trinajstić information content (AvgIpc) is 2.23. The van der Waals surface area contributed by atoms with Gasteiger partial charge in [0.15, 0.2) is 0 Å². The Bertz CT molecular complexity index is 204. The van der Waals surface area contributed by atoms with Crippen LogP contribution in [-0.2, 0) is 9.53 Å². The standard InChI is InChI=1S/C14H29NO2/c1-6-8-9-10-15(12(3)4)13(5)11-14(16)17-7-2/h12-13H,6-11H2,1-5H3. The molecule has 3 nitrogen and oxygen atoms in total. The number of ether oxygens (including phenoxy) is 1. The lowest BCUT2D eigenvalue weighted by atomic mass is 10.1. The Morgan fingerprint density at radius 3 is 2.29 bits per heavy atom. The summed E-state index contributed by atoms with van der Waals surface area (Å²) >= 11 is 0. The largest absolute Gasteiger partial charge is 0.466 e. The van der Waals surface area contributed by atoms with E-state index in [1.165, 1.54) is 19.3 Å². The lowest BCUT2D eigenvalue weighted by Gasteiger charge is -2.32. The van der Waals surface area contributed by atoms with Crippen LogP contribution in [0.2, 0.25) is 0 Å². The predicted octanol–water partition coefficient (Wildman–Crippen LogP) is 3.23. The van der Waals surface area contributed by atoms with Crippen LogP contribution >= 0.6 is 0 Å². The monoisotopic (exact) mass is 243 g/mol. The van der Waals surface area contributed by atoms with Gasteiger partial charge in [-0.2, -0.15) is 0 Å². The van der Waals surface area contributed by atoms with Gasteiger partial charge in [0.05, 0.1) is 13.0 Å². The maximum absolute atomic E-state index is 11.5. The van der Waals surface area contributed by atoms with Gasteiger partial charge < -0.3 is 4.74 Å². The van der Waals surface area contributed by atoms with Gasteiger partial charge in [-0.15, -0.1) is 0 Å². The van der Waals surface area contributed by atoms with Crippen molar-refractivity contribution in [2.45, 2.75) is 72.4 Å². The number of carbonyl (C=O) groups excluding carboxylic acids is 1. The van der Waals surface area contributed by atoms with Crippen molar-refractivity contribution in [2.24, 2.45) is 0 Å². The van der Waals surface area contributed by atoms with E-state index in [0.717, 1.165) is 6.54 Å². The molecule has 1 unspecified atom stereocenters. The molecule has 0 aliphatic rings. The highest BCUT2D eigenvalue weighted by Crippen LogP contribution is 2.11. The van der Waals surface area contributed by atoms with E-state index < -0.39 is 0 Å². The highest BCUT2D eigenvalue weighted by Gasteiger charge is 2.19. The third-order valence-electron chi connectivity index (χ3n) is 3.02. The van der Waals surface area contributed by atoms with Crippen molar-refractivity contribution < 1.29 is 9.53 Å². The summed E-state index contributed by atoms with van der Waals surface area (Å²) in [6.45, 7) is 12.1. The van der Waals surface area contributed by atoms with E-state index in [0.29, 0.717) is 19.1 Å². The molecular weight excluding hydrogens is 214 g/mol. The summed E-state index contributed by atoms with van der Waals surface area (Å²) in [5.74, 6) is -0.0823. The van der Waals surface area contributed by atoms with Crippen molar-refractivity contribution in [1.82, 2.24) is 4.90 Å². The molecule has 0 aliphatic carbocycles. The van der Waals surface area contributed by atoms with Crippen molar-refractivity contribution in [2.75, 3.05) is 13.2 Å². The fourth-order valence-corrected chi connectivity index (χ4v) is 2.11. The molecule has 0 fully saturated rings. The maximum atomic E-state index is 11.5. The Balaban J connectivity index is 4.14. The van der Waals surface area contributed by atoms with Crippen LogP contribution in [0.5, 0.6) is 0 Å². The highest BCUT2D eigenvalue weighted by atomic mass is 16.5. The van der Waals surface area contributed by atoms with Gasteiger partial charge in [-0.25, -0.2) is 0 Å². The zero-order valence-corrected chi connectivity index (χ0v) is 12.2. The summed E-state index contributed by atoms with van der Waals surface area (Å²) in [6.07, 6.45) is 4.20. The molecule has 0 radical (unpaired) electrons. The van der Waals surface area contributed by atoms with Crippen molar-refractivity contribution in [3.63, 3.8) is 0 Å². The molecular formula is C14H29NO2. The van der Waals surface area contributed by atoms with E-state index in [1.54, 1.807) is 0 Å². The van der Waals surface area contributed by atoms with Gasteiger partial charge in [-0.1, -0.05) is 19.8 Å². The average molecular weight is 243 g/mol. The molecule has 0 saturated heterocycles.